The first-order chi connectivity index (χ1) is 10.9. The first kappa shape index (κ1) is 19.7. The fraction of sp³-hybridized carbons (Fsp3) is 0.333. The maximum atomic E-state index is 12.0. The highest BCUT2D eigenvalue weighted by atomic mass is 32.2. The molecule has 0 radical (unpaired) electrons. The zero-order valence-corrected chi connectivity index (χ0v) is 13.9. The van der Waals surface area contributed by atoms with Gasteiger partial charge in [-0.3, -0.25) is 8.42 Å². The molecule has 2 unspecified atom stereocenters. The van der Waals surface area contributed by atoms with E-state index in [4.69, 9.17) is 5.26 Å². The Hall–Kier alpha value is -1.38. The van der Waals surface area contributed by atoms with E-state index >= 15 is 0 Å². The molecule has 0 saturated heterocycles. The second-order valence-corrected chi connectivity index (χ2v) is 7.95. The summed E-state index contributed by atoms with van der Waals surface area (Å²) in [5.74, 6) is -0.284. The van der Waals surface area contributed by atoms with Gasteiger partial charge in [-0.15, -0.1) is 0 Å². The van der Waals surface area contributed by atoms with Gasteiger partial charge in [-0.25, -0.2) is 0 Å². The van der Waals surface area contributed by atoms with Gasteiger partial charge in [0.15, 0.2) is 5.03 Å². The monoisotopic (exact) mass is 386 g/mol. The Morgan fingerprint density at radius 1 is 1.09 bits per heavy atom. The molecule has 0 amide bonds. The zero-order valence-electron chi connectivity index (χ0n) is 11.4. The minimum atomic E-state index is -1.89. The van der Waals surface area contributed by atoms with Gasteiger partial charge in [0.05, 0.1) is 21.6 Å². The van der Waals surface area contributed by atoms with Crippen LogP contribution in [0.15, 0.2) is 33.5 Å². The lowest BCUT2D eigenvalue weighted by Crippen LogP contribution is -2.02. The minimum Gasteiger partial charge on any atom is -0.253 e. The molecule has 0 fully saturated rings. The fourth-order valence-electron chi connectivity index (χ4n) is 1.41. The van der Waals surface area contributed by atoms with E-state index in [0.29, 0.717) is 23.7 Å². The Kier molecular flexibility index (Phi) is 8.29. The van der Waals surface area contributed by atoms with Gasteiger partial charge >= 0.3 is 0 Å². The molecular formula is C12H10F4N2O2S3. The third-order valence-corrected chi connectivity index (χ3v) is 6.47. The Labute approximate surface area is 138 Å². The summed E-state index contributed by atoms with van der Waals surface area (Å²) in [5.41, 5.74) is -0.138. The summed E-state index contributed by atoms with van der Waals surface area (Å²) in [5, 5.41) is 8.99. The molecule has 126 valence electrons. The Bertz CT molecular complexity index is 650. The second-order valence-electron chi connectivity index (χ2n) is 3.93. The summed E-state index contributed by atoms with van der Waals surface area (Å²) >= 11 is 0.698. The molecule has 0 aliphatic rings. The highest BCUT2D eigenvalue weighted by Crippen LogP contribution is 2.25. The van der Waals surface area contributed by atoms with E-state index in [1.54, 1.807) is 6.07 Å². The molecule has 0 spiro atoms. The number of nitrogens with zero attached hydrogens (tertiary/aromatic N) is 2. The molecule has 0 aliphatic carbocycles. The summed E-state index contributed by atoms with van der Waals surface area (Å²) in [6.07, 6.45) is -2.86. The lowest BCUT2D eigenvalue weighted by Gasteiger charge is -1.98. The lowest BCUT2D eigenvalue weighted by atomic mass is 10.4. The van der Waals surface area contributed by atoms with Crippen molar-refractivity contribution in [1.29, 1.82) is 5.26 Å². The van der Waals surface area contributed by atoms with Gasteiger partial charge in [-0.2, -0.15) is 27.2 Å². The molecule has 11 heteroatoms. The van der Waals surface area contributed by atoms with Crippen molar-refractivity contribution in [3.05, 3.63) is 29.9 Å². The number of halogens is 4. The normalized spacial score (nSPS) is 13.0. The molecule has 4 nitrogen and oxygen atoms in total. The van der Waals surface area contributed by atoms with Crippen molar-refractivity contribution >= 4 is 33.1 Å². The molecule has 2 atom stereocenters. The topological polar surface area (TPSA) is 70.8 Å². The van der Waals surface area contributed by atoms with Crippen molar-refractivity contribution in [3.63, 3.8) is 0 Å². The number of aromatic nitrogens is 1. The van der Waals surface area contributed by atoms with Crippen LogP contribution in [-0.4, -0.2) is 24.3 Å². The van der Waals surface area contributed by atoms with E-state index in [0.717, 1.165) is 0 Å². The van der Waals surface area contributed by atoms with E-state index in [-0.39, 0.29) is 39.1 Å². The maximum Gasteiger partial charge on any atom is 0.266 e. The van der Waals surface area contributed by atoms with Crippen LogP contribution in [0.1, 0.15) is 18.4 Å². The van der Waals surface area contributed by atoms with Gasteiger partial charge in [0.25, 0.3) is 12.2 Å². The Morgan fingerprint density at radius 2 is 1.61 bits per heavy atom. The van der Waals surface area contributed by atoms with Crippen LogP contribution in [0.2, 0.25) is 0 Å². The van der Waals surface area contributed by atoms with Crippen LogP contribution in [0, 0.1) is 11.3 Å². The molecule has 0 aliphatic heterocycles. The van der Waals surface area contributed by atoms with Gasteiger partial charge in [0.2, 0.25) is 0 Å². The van der Waals surface area contributed by atoms with Crippen molar-refractivity contribution < 1.29 is 26.0 Å². The van der Waals surface area contributed by atoms with Crippen molar-refractivity contribution in [2.75, 3.05) is 11.5 Å². The summed E-state index contributed by atoms with van der Waals surface area (Å²) in [7, 11) is -3.52. The average molecular weight is 386 g/mol. The molecule has 0 aromatic carbocycles. The number of nitriles is 1. The van der Waals surface area contributed by atoms with Gasteiger partial charge < -0.3 is 0 Å². The predicted octanol–water partition coefficient (Wildman–Crippen LogP) is 3.57. The zero-order chi connectivity index (χ0) is 17.4. The predicted molar refractivity (Wildman–Crippen MR) is 79.2 cm³/mol. The third kappa shape index (κ3) is 6.32. The first-order valence-corrected chi connectivity index (χ1v) is 9.46. The molecule has 1 aromatic rings. The van der Waals surface area contributed by atoms with Crippen LogP contribution in [0.25, 0.3) is 0 Å². The standard InChI is InChI=1S/C12H10F4N2O2S3/c13-9(14)3-1-5-22(19)11-8(7-17)12(21-18-11)23(20)6-2-4-10(15)16/h3-4H,1-2,5-6H2. The van der Waals surface area contributed by atoms with Crippen LogP contribution in [0.3, 0.4) is 0 Å². The largest absolute Gasteiger partial charge is 0.266 e. The minimum absolute atomic E-state index is 0.0516. The van der Waals surface area contributed by atoms with Crippen LogP contribution in [0.5, 0.6) is 0 Å². The third-order valence-electron chi connectivity index (χ3n) is 2.37. The summed E-state index contributed by atoms with van der Waals surface area (Å²) in [4.78, 5) is 0. The quantitative estimate of drug-likeness (QED) is 0.641. The number of allylic oxidation sites excluding steroid dienone is 2. The summed E-state index contributed by atoms with van der Waals surface area (Å²) in [6.45, 7) is 0. The van der Waals surface area contributed by atoms with Crippen molar-refractivity contribution in [2.45, 2.75) is 22.1 Å². The van der Waals surface area contributed by atoms with Crippen molar-refractivity contribution in [2.24, 2.45) is 0 Å². The SMILES string of the molecule is N#Cc1c(S(=O)CCC=C(F)F)nsc1S(=O)CCC=C(F)F. The van der Waals surface area contributed by atoms with Crippen LogP contribution in [-0.2, 0) is 21.6 Å². The summed E-state index contributed by atoms with van der Waals surface area (Å²) in [6, 6.07) is 1.74. The molecule has 0 N–H and O–H groups in total. The molecular weight excluding hydrogens is 376 g/mol. The molecule has 1 aromatic heterocycles. The number of hydrogen-bond donors (Lipinski definition) is 0. The highest BCUT2D eigenvalue weighted by Gasteiger charge is 2.22. The van der Waals surface area contributed by atoms with E-state index in [1.165, 1.54) is 0 Å². The van der Waals surface area contributed by atoms with Crippen LogP contribution >= 0.6 is 11.5 Å². The number of hydrogen-bond acceptors (Lipinski definition) is 5. The van der Waals surface area contributed by atoms with Crippen LogP contribution in [0.4, 0.5) is 17.6 Å². The lowest BCUT2D eigenvalue weighted by molar-refractivity contribution is 0.417. The molecule has 23 heavy (non-hydrogen) atoms. The second kappa shape index (κ2) is 9.69. The maximum absolute atomic E-state index is 12.0. The fourth-order valence-corrected chi connectivity index (χ4v) is 4.95. The van der Waals surface area contributed by atoms with Gasteiger partial charge in [0, 0.05) is 11.5 Å². The molecule has 1 heterocycles. The van der Waals surface area contributed by atoms with E-state index in [1.807, 2.05) is 0 Å². The average Bonchev–Trinajstić information content (AvgIpc) is 2.90. The summed E-state index contributed by atoms with van der Waals surface area (Å²) < 4.78 is 75.5. The molecule has 1 rings (SSSR count). The number of rotatable bonds is 8. The Balaban J connectivity index is 2.86. The van der Waals surface area contributed by atoms with E-state index in [2.05, 4.69) is 4.37 Å². The Morgan fingerprint density at radius 3 is 2.09 bits per heavy atom. The van der Waals surface area contributed by atoms with Gasteiger partial charge in [-0.05, 0) is 36.5 Å². The highest BCUT2D eigenvalue weighted by molar-refractivity contribution is 7.87. The molecule has 0 bridgehead atoms. The molecule has 0 saturated carbocycles. The van der Waals surface area contributed by atoms with Crippen molar-refractivity contribution in [1.82, 2.24) is 4.37 Å². The van der Waals surface area contributed by atoms with E-state index < -0.39 is 33.8 Å². The van der Waals surface area contributed by atoms with Gasteiger partial charge in [0.1, 0.15) is 15.8 Å². The van der Waals surface area contributed by atoms with E-state index in [9.17, 15) is 26.0 Å². The van der Waals surface area contributed by atoms with Gasteiger partial charge in [-0.1, -0.05) is 0 Å². The van der Waals surface area contributed by atoms with Crippen LogP contribution < -0.4 is 0 Å². The first-order valence-electron chi connectivity index (χ1n) is 6.05. The smallest absolute Gasteiger partial charge is 0.253 e. The van der Waals surface area contributed by atoms with Crippen molar-refractivity contribution in [3.8, 4) is 6.07 Å².